The number of hydrogen-bond acceptors (Lipinski definition) is 4. The van der Waals surface area contributed by atoms with Gasteiger partial charge in [-0.3, -0.25) is 14.4 Å². The maximum Gasteiger partial charge on any atom is 0.239 e. The van der Waals surface area contributed by atoms with E-state index in [0.717, 1.165) is 0 Å². The third kappa shape index (κ3) is 20.0. The molecule has 3 N–H and O–H groups in total. The zero-order valence-corrected chi connectivity index (χ0v) is 12.3. The van der Waals surface area contributed by atoms with Crippen molar-refractivity contribution in [1.29, 1.82) is 0 Å². The largest absolute Gasteiger partial charge is 0.348 e. The van der Waals surface area contributed by atoms with Crippen LogP contribution in [-0.2, 0) is 14.4 Å². The van der Waals surface area contributed by atoms with E-state index < -0.39 is 0 Å². The number of carbonyl (C=O) groups is 3. The van der Waals surface area contributed by atoms with Crippen LogP contribution in [-0.4, -0.2) is 44.3 Å². The molecule has 0 unspecified atom stereocenters. The van der Waals surface area contributed by atoms with Crippen LogP contribution in [0.5, 0.6) is 0 Å². The minimum atomic E-state index is -0.371. The summed E-state index contributed by atoms with van der Waals surface area (Å²) in [6.45, 7) is 9.44. The Bertz CT molecular complexity index is 231. The molecular formula is C12H27N3O3. The Hall–Kier alpha value is -1.43. The Kier molecular flexibility index (Phi) is 21.8. The van der Waals surface area contributed by atoms with Gasteiger partial charge in [0, 0.05) is 0 Å². The van der Waals surface area contributed by atoms with E-state index in [4.69, 9.17) is 0 Å². The highest BCUT2D eigenvalue weighted by molar-refractivity contribution is 5.88. The Morgan fingerprint density at radius 3 is 1.56 bits per heavy atom. The van der Waals surface area contributed by atoms with Crippen LogP contribution < -0.4 is 16.0 Å². The quantitative estimate of drug-likeness (QED) is 0.632. The molecule has 6 heteroatoms. The smallest absolute Gasteiger partial charge is 0.239 e. The number of likely N-dealkylation sites (N-methyl/N-ethyl adjacent to an activating group) is 1. The van der Waals surface area contributed by atoms with Crippen LogP contribution in [0, 0.1) is 0 Å². The first-order valence-corrected chi connectivity index (χ1v) is 6.23. The van der Waals surface area contributed by atoms with Gasteiger partial charge in [-0.1, -0.05) is 27.7 Å². The predicted molar refractivity (Wildman–Crippen MR) is 73.3 cm³/mol. The number of hydrogen-bond donors (Lipinski definition) is 3. The lowest BCUT2D eigenvalue weighted by atomic mass is 10.4. The van der Waals surface area contributed by atoms with Crippen molar-refractivity contribution in [3.8, 4) is 0 Å². The normalized spacial score (nSPS) is 7.89. The first-order chi connectivity index (χ1) is 8.56. The second-order valence-electron chi connectivity index (χ2n) is 2.79. The molecule has 0 aliphatic heterocycles. The number of ketones is 1. The third-order valence-electron chi connectivity index (χ3n) is 1.32. The maximum atomic E-state index is 11.0. The van der Waals surface area contributed by atoms with Crippen molar-refractivity contribution >= 4 is 17.6 Å². The number of nitrogens with one attached hydrogen (secondary N) is 3. The van der Waals surface area contributed by atoms with E-state index in [1.807, 2.05) is 27.7 Å². The van der Waals surface area contributed by atoms with Gasteiger partial charge in [0.2, 0.25) is 11.8 Å². The molecule has 0 heterocycles. The average Bonchev–Trinajstić information content (AvgIpc) is 2.39. The molecule has 6 nitrogen and oxygen atoms in total. The number of rotatable bonds is 6. The van der Waals surface area contributed by atoms with Crippen molar-refractivity contribution in [1.82, 2.24) is 16.0 Å². The molecule has 2 amide bonds. The van der Waals surface area contributed by atoms with Crippen molar-refractivity contribution in [2.24, 2.45) is 0 Å². The van der Waals surface area contributed by atoms with Crippen molar-refractivity contribution < 1.29 is 14.4 Å². The van der Waals surface area contributed by atoms with Gasteiger partial charge in [0.05, 0.1) is 19.6 Å². The SMILES string of the molecule is CC.CC.CNCC(=O)NCC(=O)NCC(C)=O. The summed E-state index contributed by atoms with van der Waals surface area (Å²) in [7, 11) is 1.63. The molecule has 0 saturated carbocycles. The fourth-order valence-corrected chi connectivity index (χ4v) is 0.687. The summed E-state index contributed by atoms with van der Waals surface area (Å²) in [6, 6.07) is 0. The summed E-state index contributed by atoms with van der Waals surface area (Å²) in [4.78, 5) is 32.3. The molecule has 0 aromatic heterocycles. The highest BCUT2D eigenvalue weighted by Gasteiger charge is 2.04. The molecule has 0 spiro atoms. The lowest BCUT2D eigenvalue weighted by Crippen LogP contribution is -2.41. The monoisotopic (exact) mass is 261 g/mol. The highest BCUT2D eigenvalue weighted by atomic mass is 16.2. The van der Waals surface area contributed by atoms with Crippen LogP contribution in [0.3, 0.4) is 0 Å². The molecule has 0 fully saturated rings. The molecule has 0 atom stereocenters. The summed E-state index contributed by atoms with van der Waals surface area (Å²) in [5.41, 5.74) is 0. The van der Waals surface area contributed by atoms with Gasteiger partial charge in [0.1, 0.15) is 5.78 Å². The summed E-state index contributed by atoms with van der Waals surface area (Å²) in [5.74, 6) is -0.755. The minimum absolute atomic E-state index is 0.000726. The van der Waals surface area contributed by atoms with Crippen LogP contribution in [0.1, 0.15) is 34.6 Å². The molecule has 0 aliphatic carbocycles. The standard InChI is InChI=1S/C8H15N3O3.2C2H6/c1-6(12)3-10-8(14)5-11-7(13)4-9-2;2*1-2/h9H,3-5H2,1-2H3,(H,10,14)(H,11,13);2*1-2H3. The third-order valence-corrected chi connectivity index (χ3v) is 1.32. The molecule has 0 rings (SSSR count). The fourth-order valence-electron chi connectivity index (χ4n) is 0.687. The van der Waals surface area contributed by atoms with Gasteiger partial charge in [0.25, 0.3) is 0 Å². The molecule has 0 bridgehead atoms. The summed E-state index contributed by atoms with van der Waals surface area (Å²) in [5, 5.41) is 7.38. The Morgan fingerprint density at radius 2 is 1.17 bits per heavy atom. The van der Waals surface area contributed by atoms with Crippen molar-refractivity contribution in [3.05, 3.63) is 0 Å². The Morgan fingerprint density at radius 1 is 0.778 bits per heavy atom. The zero-order valence-electron chi connectivity index (χ0n) is 12.3. The zero-order chi connectivity index (χ0) is 15.0. The second kappa shape index (κ2) is 17.9. The summed E-state index contributed by atoms with van der Waals surface area (Å²) >= 11 is 0. The first-order valence-electron chi connectivity index (χ1n) is 6.23. The van der Waals surface area contributed by atoms with Gasteiger partial charge in [-0.25, -0.2) is 0 Å². The average molecular weight is 261 g/mol. The topological polar surface area (TPSA) is 87.3 Å². The number of carbonyl (C=O) groups excluding carboxylic acids is 3. The van der Waals surface area contributed by atoms with Crippen LogP contribution in [0.15, 0.2) is 0 Å². The van der Waals surface area contributed by atoms with E-state index >= 15 is 0 Å². The van der Waals surface area contributed by atoms with Crippen molar-refractivity contribution in [2.75, 3.05) is 26.7 Å². The molecule has 108 valence electrons. The van der Waals surface area contributed by atoms with Gasteiger partial charge in [-0.2, -0.15) is 0 Å². The van der Waals surface area contributed by atoms with E-state index in [1.165, 1.54) is 6.92 Å². The number of Topliss-reactive ketones (excluding diaryl/α,β-unsaturated/α-hetero) is 1. The molecule has 0 saturated heterocycles. The first kappa shape index (κ1) is 21.8. The van der Waals surface area contributed by atoms with Gasteiger partial charge < -0.3 is 16.0 Å². The molecular weight excluding hydrogens is 234 g/mol. The molecule has 0 aliphatic rings. The van der Waals surface area contributed by atoms with E-state index in [-0.39, 0.29) is 37.2 Å². The van der Waals surface area contributed by atoms with Crippen LogP contribution in [0.2, 0.25) is 0 Å². The van der Waals surface area contributed by atoms with Crippen LogP contribution in [0.4, 0.5) is 0 Å². The second-order valence-corrected chi connectivity index (χ2v) is 2.79. The number of amides is 2. The van der Waals surface area contributed by atoms with Crippen LogP contribution in [0.25, 0.3) is 0 Å². The lowest BCUT2D eigenvalue weighted by molar-refractivity contribution is -0.126. The Labute approximate surface area is 110 Å². The van der Waals surface area contributed by atoms with E-state index in [2.05, 4.69) is 16.0 Å². The summed E-state index contributed by atoms with van der Waals surface area (Å²) < 4.78 is 0. The van der Waals surface area contributed by atoms with Gasteiger partial charge >= 0.3 is 0 Å². The maximum absolute atomic E-state index is 11.0. The minimum Gasteiger partial charge on any atom is -0.348 e. The van der Waals surface area contributed by atoms with E-state index in [0.29, 0.717) is 0 Å². The predicted octanol–water partition coefficient (Wildman–Crippen LogP) is 0.0796. The molecule has 18 heavy (non-hydrogen) atoms. The van der Waals surface area contributed by atoms with Gasteiger partial charge in [-0.05, 0) is 14.0 Å². The summed E-state index contributed by atoms with van der Waals surface area (Å²) in [6.07, 6.45) is 0. The molecule has 0 radical (unpaired) electrons. The lowest BCUT2D eigenvalue weighted by Gasteiger charge is -2.04. The van der Waals surface area contributed by atoms with Crippen molar-refractivity contribution in [2.45, 2.75) is 34.6 Å². The molecule has 0 aromatic carbocycles. The fraction of sp³-hybridized carbons (Fsp3) is 0.750. The van der Waals surface area contributed by atoms with Gasteiger partial charge in [0.15, 0.2) is 0 Å². The van der Waals surface area contributed by atoms with Crippen LogP contribution >= 0.6 is 0 Å². The van der Waals surface area contributed by atoms with E-state index in [9.17, 15) is 14.4 Å². The van der Waals surface area contributed by atoms with Gasteiger partial charge in [-0.15, -0.1) is 0 Å². The highest BCUT2D eigenvalue weighted by Crippen LogP contribution is 1.68. The van der Waals surface area contributed by atoms with Crippen molar-refractivity contribution in [3.63, 3.8) is 0 Å². The van der Waals surface area contributed by atoms with E-state index in [1.54, 1.807) is 7.05 Å². The Balaban J connectivity index is -0.000000506. The molecule has 0 aromatic rings.